The minimum Gasteiger partial charge on any atom is -0.397 e. The molecular weight excluding hydrogens is 178 g/mol. The largest absolute Gasteiger partial charge is 0.397 e. The first-order chi connectivity index (χ1) is 5.25. The van der Waals surface area contributed by atoms with Crippen molar-refractivity contribution in [3.8, 4) is 0 Å². The van der Waals surface area contributed by atoms with E-state index < -0.39 is 0 Å². The lowest BCUT2D eigenvalue weighted by Gasteiger charge is -1.88. The standard InChI is InChI=1S/C6H5N3S2/c7-3-1-4-5(8-2-3)9-6(10)11-4/h1-2H,7H2,(H,8,9,10). The van der Waals surface area contributed by atoms with Crippen molar-refractivity contribution in [2.24, 2.45) is 0 Å². The van der Waals surface area contributed by atoms with Crippen molar-refractivity contribution in [1.82, 2.24) is 9.97 Å². The quantitative estimate of drug-likeness (QED) is 0.614. The van der Waals surface area contributed by atoms with Crippen LogP contribution in [0.5, 0.6) is 0 Å². The summed E-state index contributed by atoms with van der Waals surface area (Å²) in [5.74, 6) is 0. The summed E-state index contributed by atoms with van der Waals surface area (Å²) in [5, 5.41) is 0. The molecule has 0 aliphatic heterocycles. The van der Waals surface area contributed by atoms with E-state index in [0.717, 1.165) is 14.3 Å². The Hall–Kier alpha value is -0.940. The molecule has 0 spiro atoms. The molecule has 0 aliphatic rings. The van der Waals surface area contributed by atoms with Gasteiger partial charge in [0.1, 0.15) is 5.65 Å². The van der Waals surface area contributed by atoms with Crippen molar-refractivity contribution in [2.75, 3.05) is 5.73 Å². The Bertz CT molecular complexity index is 442. The Labute approximate surface area is 71.9 Å². The number of nitrogen functional groups attached to an aromatic ring is 1. The monoisotopic (exact) mass is 183 g/mol. The zero-order valence-corrected chi connectivity index (χ0v) is 7.13. The van der Waals surface area contributed by atoms with Gasteiger partial charge >= 0.3 is 0 Å². The molecule has 0 saturated heterocycles. The number of rotatable bonds is 0. The number of nitrogens with one attached hydrogen (secondary N) is 1. The lowest BCUT2D eigenvalue weighted by atomic mass is 10.4. The molecule has 2 aromatic rings. The van der Waals surface area contributed by atoms with Gasteiger partial charge in [0.05, 0.1) is 16.6 Å². The van der Waals surface area contributed by atoms with Gasteiger partial charge < -0.3 is 10.7 Å². The summed E-state index contributed by atoms with van der Waals surface area (Å²) in [6, 6.07) is 1.86. The highest BCUT2D eigenvalue weighted by Gasteiger charge is 1.96. The van der Waals surface area contributed by atoms with Crippen molar-refractivity contribution >= 4 is 39.6 Å². The van der Waals surface area contributed by atoms with Gasteiger partial charge in [0.25, 0.3) is 0 Å². The minimum atomic E-state index is 0.669. The first kappa shape index (κ1) is 6.75. The smallest absolute Gasteiger partial charge is 0.160 e. The summed E-state index contributed by atoms with van der Waals surface area (Å²) in [7, 11) is 0. The predicted octanol–water partition coefficient (Wildman–Crippen LogP) is 1.94. The summed E-state index contributed by atoms with van der Waals surface area (Å²) >= 11 is 6.42. The molecule has 2 rings (SSSR count). The molecule has 5 heteroatoms. The first-order valence-electron chi connectivity index (χ1n) is 3.00. The molecule has 0 aliphatic carbocycles. The van der Waals surface area contributed by atoms with Gasteiger partial charge in [0.2, 0.25) is 0 Å². The number of hydrogen-bond donors (Lipinski definition) is 2. The number of anilines is 1. The second-order valence-corrected chi connectivity index (χ2v) is 3.85. The minimum absolute atomic E-state index is 0.669. The summed E-state index contributed by atoms with van der Waals surface area (Å²) in [4.78, 5) is 7.02. The Morgan fingerprint density at radius 1 is 1.64 bits per heavy atom. The van der Waals surface area contributed by atoms with Crippen LogP contribution in [0.4, 0.5) is 5.69 Å². The topological polar surface area (TPSA) is 54.7 Å². The molecule has 0 radical (unpaired) electrons. The Balaban J connectivity index is 2.92. The van der Waals surface area contributed by atoms with E-state index in [-0.39, 0.29) is 0 Å². The second-order valence-electron chi connectivity index (χ2n) is 2.13. The molecule has 11 heavy (non-hydrogen) atoms. The number of pyridine rings is 1. The van der Waals surface area contributed by atoms with Crippen LogP contribution in [-0.4, -0.2) is 9.97 Å². The van der Waals surface area contributed by atoms with Gasteiger partial charge in [-0.1, -0.05) is 0 Å². The fourth-order valence-corrected chi connectivity index (χ4v) is 1.96. The van der Waals surface area contributed by atoms with Crippen LogP contribution in [0, 0.1) is 3.95 Å². The number of aromatic amines is 1. The van der Waals surface area contributed by atoms with E-state index in [2.05, 4.69) is 9.97 Å². The van der Waals surface area contributed by atoms with Crippen molar-refractivity contribution in [3.63, 3.8) is 0 Å². The number of H-pyrrole nitrogens is 1. The van der Waals surface area contributed by atoms with Gasteiger partial charge in [0.15, 0.2) is 3.95 Å². The summed E-state index contributed by atoms with van der Waals surface area (Å²) in [5.41, 5.74) is 7.01. The van der Waals surface area contributed by atoms with E-state index in [9.17, 15) is 0 Å². The second kappa shape index (κ2) is 2.28. The predicted molar refractivity (Wildman–Crippen MR) is 49.2 cm³/mol. The number of nitrogens with zero attached hydrogens (tertiary/aromatic N) is 1. The molecule has 0 amide bonds. The fraction of sp³-hybridized carbons (Fsp3) is 0. The number of hydrogen-bond acceptors (Lipinski definition) is 4. The van der Waals surface area contributed by atoms with Crippen LogP contribution >= 0.6 is 23.6 Å². The Kier molecular flexibility index (Phi) is 1.40. The molecule has 0 saturated carbocycles. The molecule has 0 fully saturated rings. The van der Waals surface area contributed by atoms with E-state index >= 15 is 0 Å². The molecule has 0 unspecified atom stereocenters. The average molecular weight is 183 g/mol. The van der Waals surface area contributed by atoms with Crippen LogP contribution in [0.1, 0.15) is 0 Å². The summed E-state index contributed by atoms with van der Waals surface area (Å²) < 4.78 is 1.74. The molecule has 0 atom stereocenters. The zero-order chi connectivity index (χ0) is 7.84. The highest BCUT2D eigenvalue weighted by atomic mass is 32.1. The van der Waals surface area contributed by atoms with Gasteiger partial charge in [-0.3, -0.25) is 0 Å². The Morgan fingerprint density at radius 3 is 3.27 bits per heavy atom. The van der Waals surface area contributed by atoms with E-state index in [4.69, 9.17) is 18.0 Å². The van der Waals surface area contributed by atoms with Gasteiger partial charge in [-0.2, -0.15) is 0 Å². The van der Waals surface area contributed by atoms with E-state index in [1.807, 2.05) is 6.07 Å². The normalized spacial score (nSPS) is 10.5. The molecule has 2 aromatic heterocycles. The molecule has 3 N–H and O–H groups in total. The van der Waals surface area contributed by atoms with Gasteiger partial charge in [0, 0.05) is 0 Å². The molecular formula is C6H5N3S2. The molecule has 3 nitrogen and oxygen atoms in total. The number of nitrogens with two attached hydrogens (primary N) is 1. The average Bonchev–Trinajstić information content (AvgIpc) is 2.27. The van der Waals surface area contributed by atoms with Gasteiger partial charge in [-0.05, 0) is 18.3 Å². The van der Waals surface area contributed by atoms with Crippen LogP contribution in [-0.2, 0) is 0 Å². The number of aromatic nitrogens is 2. The lowest BCUT2D eigenvalue weighted by molar-refractivity contribution is 1.32. The first-order valence-corrected chi connectivity index (χ1v) is 4.22. The van der Waals surface area contributed by atoms with Crippen molar-refractivity contribution < 1.29 is 0 Å². The maximum absolute atomic E-state index is 5.53. The van der Waals surface area contributed by atoms with Crippen molar-refractivity contribution in [2.45, 2.75) is 0 Å². The van der Waals surface area contributed by atoms with Gasteiger partial charge in [-0.25, -0.2) is 4.98 Å². The third-order valence-corrected chi connectivity index (χ3v) is 2.47. The molecule has 2 heterocycles. The van der Waals surface area contributed by atoms with E-state index in [1.54, 1.807) is 6.20 Å². The van der Waals surface area contributed by atoms with Crippen LogP contribution in [0.15, 0.2) is 12.3 Å². The zero-order valence-electron chi connectivity index (χ0n) is 5.50. The third kappa shape index (κ3) is 1.12. The lowest BCUT2D eigenvalue weighted by Crippen LogP contribution is -1.84. The molecule has 0 aromatic carbocycles. The van der Waals surface area contributed by atoms with E-state index in [0.29, 0.717) is 5.69 Å². The summed E-state index contributed by atoms with van der Waals surface area (Å²) in [6.07, 6.45) is 1.61. The van der Waals surface area contributed by atoms with E-state index in [1.165, 1.54) is 11.3 Å². The summed E-state index contributed by atoms with van der Waals surface area (Å²) in [6.45, 7) is 0. The van der Waals surface area contributed by atoms with Gasteiger partial charge in [-0.15, -0.1) is 11.3 Å². The third-order valence-electron chi connectivity index (χ3n) is 1.30. The molecule has 56 valence electrons. The van der Waals surface area contributed by atoms with Crippen LogP contribution < -0.4 is 5.73 Å². The SMILES string of the molecule is Nc1cnc2[nH]c(=S)sc2c1. The molecule has 0 bridgehead atoms. The highest BCUT2D eigenvalue weighted by Crippen LogP contribution is 2.18. The van der Waals surface area contributed by atoms with Crippen molar-refractivity contribution in [1.29, 1.82) is 0 Å². The number of thiazole rings is 1. The fourth-order valence-electron chi connectivity index (χ4n) is 0.853. The van der Waals surface area contributed by atoms with Crippen LogP contribution in [0.3, 0.4) is 0 Å². The van der Waals surface area contributed by atoms with Crippen LogP contribution in [0.2, 0.25) is 0 Å². The number of fused-ring (bicyclic) bond motifs is 1. The highest BCUT2D eigenvalue weighted by molar-refractivity contribution is 7.73. The maximum Gasteiger partial charge on any atom is 0.160 e. The van der Waals surface area contributed by atoms with Crippen molar-refractivity contribution in [3.05, 3.63) is 16.2 Å². The Morgan fingerprint density at radius 2 is 2.45 bits per heavy atom. The van der Waals surface area contributed by atoms with Crippen LogP contribution in [0.25, 0.3) is 10.3 Å². The maximum atomic E-state index is 5.53.